The number of H-pyrrole nitrogens is 1. The van der Waals surface area contributed by atoms with E-state index < -0.39 is 9.84 Å². The molecule has 1 saturated heterocycles. The molecule has 1 fully saturated rings. The normalized spacial score (nSPS) is 17.1. The number of rotatable bonds is 5. The molecule has 5 rings (SSSR count). The lowest BCUT2D eigenvalue weighted by Crippen LogP contribution is -2.47. The van der Waals surface area contributed by atoms with Crippen molar-refractivity contribution in [2.75, 3.05) is 38.5 Å². The van der Waals surface area contributed by atoms with E-state index >= 15 is 0 Å². The van der Waals surface area contributed by atoms with E-state index in [1.807, 2.05) is 25.8 Å². The Morgan fingerprint density at radius 2 is 1.74 bits per heavy atom. The Hall–Kier alpha value is -3.21. The van der Waals surface area contributed by atoms with Gasteiger partial charge in [-0.2, -0.15) is 0 Å². The molecule has 1 aromatic heterocycles. The summed E-state index contributed by atoms with van der Waals surface area (Å²) in [5, 5.41) is 2.82. The molecule has 2 aliphatic rings. The number of piperazine rings is 1. The molecule has 8 nitrogen and oxygen atoms in total. The molecule has 38 heavy (non-hydrogen) atoms. The second kappa shape index (κ2) is 10.2. The van der Waals surface area contributed by atoms with Gasteiger partial charge in [0.1, 0.15) is 0 Å². The fraction of sp³-hybridized carbons (Fsp3) is 0.286. The van der Waals surface area contributed by atoms with Gasteiger partial charge in [0.15, 0.2) is 9.84 Å². The van der Waals surface area contributed by atoms with Crippen LogP contribution >= 0.6 is 15.9 Å². The summed E-state index contributed by atoms with van der Waals surface area (Å²) in [6, 6.07) is 11.8. The highest BCUT2D eigenvalue weighted by atomic mass is 79.9. The fourth-order valence-electron chi connectivity index (χ4n) is 4.94. The number of aryl methyl sites for hydroxylation is 1. The van der Waals surface area contributed by atoms with Crippen LogP contribution in [0, 0.1) is 13.8 Å². The lowest BCUT2D eigenvalue weighted by atomic mass is 10.0. The van der Waals surface area contributed by atoms with Gasteiger partial charge in [0.05, 0.1) is 21.8 Å². The van der Waals surface area contributed by atoms with Crippen molar-refractivity contribution in [3.05, 3.63) is 80.6 Å². The van der Waals surface area contributed by atoms with E-state index in [0.717, 1.165) is 28.8 Å². The standard InChI is InChI=1S/C28H29BrN4O4S/c1-17-25(30-18(2)26(17)28(35)33-12-10-32(3)11-13-33)15-23-22-14-21(8-9-24(22)31-27(23)34)38(36,37)16-19-4-6-20(29)7-5-19/h4-9,14-15,30H,10-13,16H2,1-3H3,(H,31,34). The van der Waals surface area contributed by atoms with Gasteiger partial charge >= 0.3 is 0 Å². The van der Waals surface area contributed by atoms with E-state index in [-0.39, 0.29) is 22.5 Å². The number of benzene rings is 2. The highest BCUT2D eigenvalue weighted by Crippen LogP contribution is 2.36. The minimum atomic E-state index is -3.64. The molecular formula is C28H29BrN4O4S. The van der Waals surface area contributed by atoms with E-state index in [0.29, 0.717) is 46.7 Å². The number of aromatic nitrogens is 1. The van der Waals surface area contributed by atoms with Gasteiger partial charge in [0.2, 0.25) is 0 Å². The average Bonchev–Trinajstić information content (AvgIpc) is 3.34. The lowest BCUT2D eigenvalue weighted by molar-refractivity contribution is -0.110. The topological polar surface area (TPSA) is 103 Å². The largest absolute Gasteiger partial charge is 0.358 e. The van der Waals surface area contributed by atoms with Crippen molar-refractivity contribution in [3.8, 4) is 0 Å². The van der Waals surface area contributed by atoms with E-state index in [1.54, 1.807) is 42.5 Å². The molecule has 0 unspecified atom stereocenters. The van der Waals surface area contributed by atoms with Crippen molar-refractivity contribution in [3.63, 3.8) is 0 Å². The maximum atomic E-state index is 13.3. The van der Waals surface area contributed by atoms with Gasteiger partial charge in [-0.05, 0) is 68.4 Å². The molecule has 2 amide bonds. The molecule has 0 atom stereocenters. The molecule has 2 aliphatic heterocycles. The van der Waals surface area contributed by atoms with Crippen LogP contribution in [-0.2, 0) is 20.4 Å². The summed E-state index contributed by atoms with van der Waals surface area (Å²) in [6.07, 6.45) is 1.70. The first kappa shape index (κ1) is 26.4. The van der Waals surface area contributed by atoms with Crippen LogP contribution in [0.25, 0.3) is 11.6 Å². The first-order chi connectivity index (χ1) is 18.0. The number of hydrogen-bond donors (Lipinski definition) is 2. The van der Waals surface area contributed by atoms with Crippen LogP contribution in [0.4, 0.5) is 5.69 Å². The van der Waals surface area contributed by atoms with Crippen LogP contribution < -0.4 is 5.32 Å². The van der Waals surface area contributed by atoms with Crippen LogP contribution in [0.2, 0.25) is 0 Å². The van der Waals surface area contributed by atoms with Gasteiger partial charge < -0.3 is 20.1 Å². The number of carbonyl (C=O) groups excluding carboxylic acids is 2. The number of nitrogens with zero attached hydrogens (tertiary/aromatic N) is 2. The Kier molecular flexibility index (Phi) is 7.06. The Labute approximate surface area is 230 Å². The second-order valence-corrected chi connectivity index (χ2v) is 12.8. The molecule has 10 heteroatoms. The van der Waals surface area contributed by atoms with Crippen LogP contribution in [0.3, 0.4) is 0 Å². The number of nitrogens with one attached hydrogen (secondary N) is 2. The molecule has 2 N–H and O–H groups in total. The first-order valence-corrected chi connectivity index (χ1v) is 14.8. The zero-order valence-electron chi connectivity index (χ0n) is 21.5. The van der Waals surface area contributed by atoms with E-state index in [9.17, 15) is 18.0 Å². The number of anilines is 1. The van der Waals surface area contributed by atoms with Crippen molar-refractivity contribution in [2.24, 2.45) is 0 Å². The molecule has 3 aromatic rings. The maximum absolute atomic E-state index is 13.3. The quantitative estimate of drug-likeness (QED) is 0.429. The number of likely N-dealkylation sites (N-methyl/N-ethyl adjacent to an activating group) is 1. The molecule has 198 valence electrons. The molecule has 2 aromatic carbocycles. The van der Waals surface area contributed by atoms with Gasteiger partial charge in [-0.3, -0.25) is 9.59 Å². The minimum absolute atomic E-state index is 0.0217. The molecule has 3 heterocycles. The van der Waals surface area contributed by atoms with E-state index in [1.165, 1.54) is 6.07 Å². The SMILES string of the molecule is Cc1[nH]c(C=C2C(=O)Nc3ccc(S(=O)(=O)Cc4ccc(Br)cc4)cc32)c(C)c1C(=O)N1CCN(C)CC1. The van der Waals surface area contributed by atoms with Crippen molar-refractivity contribution in [2.45, 2.75) is 24.5 Å². The summed E-state index contributed by atoms with van der Waals surface area (Å²) in [7, 11) is -1.60. The minimum Gasteiger partial charge on any atom is -0.358 e. The first-order valence-electron chi connectivity index (χ1n) is 12.3. The van der Waals surface area contributed by atoms with Crippen molar-refractivity contribution >= 4 is 54.9 Å². The van der Waals surface area contributed by atoms with Gasteiger partial charge in [-0.25, -0.2) is 8.42 Å². The number of hydrogen-bond acceptors (Lipinski definition) is 5. The average molecular weight is 598 g/mol. The molecule has 0 radical (unpaired) electrons. The Bertz CT molecular complexity index is 1570. The summed E-state index contributed by atoms with van der Waals surface area (Å²) in [6.45, 7) is 6.72. The Morgan fingerprint density at radius 1 is 1.05 bits per heavy atom. The lowest BCUT2D eigenvalue weighted by Gasteiger charge is -2.32. The van der Waals surface area contributed by atoms with Crippen LogP contribution in [0.5, 0.6) is 0 Å². The van der Waals surface area contributed by atoms with Gasteiger partial charge in [0, 0.05) is 53.3 Å². The number of amides is 2. The number of fused-ring (bicyclic) bond motifs is 1. The van der Waals surface area contributed by atoms with Crippen LogP contribution in [-0.4, -0.2) is 68.2 Å². The predicted molar refractivity (Wildman–Crippen MR) is 152 cm³/mol. The summed E-state index contributed by atoms with van der Waals surface area (Å²) in [5.74, 6) is -0.487. The highest BCUT2D eigenvalue weighted by Gasteiger charge is 2.29. The van der Waals surface area contributed by atoms with Gasteiger partial charge in [-0.1, -0.05) is 28.1 Å². The summed E-state index contributed by atoms with van der Waals surface area (Å²) < 4.78 is 27.3. The van der Waals surface area contributed by atoms with E-state index in [4.69, 9.17) is 0 Å². The smallest absolute Gasteiger partial charge is 0.256 e. The number of carbonyl (C=O) groups is 2. The molecule has 0 bridgehead atoms. The number of halogens is 1. The third-order valence-corrected chi connectivity index (χ3v) is 9.39. The molecular weight excluding hydrogens is 568 g/mol. The van der Waals surface area contributed by atoms with Gasteiger partial charge in [-0.15, -0.1) is 0 Å². The third-order valence-electron chi connectivity index (χ3n) is 7.17. The monoisotopic (exact) mass is 596 g/mol. The zero-order valence-corrected chi connectivity index (χ0v) is 23.9. The third kappa shape index (κ3) is 5.08. The molecule has 0 saturated carbocycles. The van der Waals surface area contributed by atoms with Gasteiger partial charge in [0.25, 0.3) is 11.8 Å². The summed E-state index contributed by atoms with van der Waals surface area (Å²) in [5.41, 5.74) is 4.87. The summed E-state index contributed by atoms with van der Waals surface area (Å²) in [4.78, 5) is 33.7. The number of sulfone groups is 1. The highest BCUT2D eigenvalue weighted by molar-refractivity contribution is 9.10. The molecule has 0 spiro atoms. The Morgan fingerprint density at radius 3 is 2.42 bits per heavy atom. The second-order valence-electron chi connectivity index (χ2n) is 9.86. The predicted octanol–water partition coefficient (Wildman–Crippen LogP) is 4.25. The Balaban J connectivity index is 1.46. The zero-order chi connectivity index (χ0) is 27.2. The van der Waals surface area contributed by atoms with Crippen molar-refractivity contribution in [1.29, 1.82) is 0 Å². The van der Waals surface area contributed by atoms with E-state index in [2.05, 4.69) is 31.1 Å². The van der Waals surface area contributed by atoms with Crippen LogP contribution in [0.1, 0.15) is 38.4 Å². The number of aromatic amines is 1. The fourth-order valence-corrected chi connectivity index (χ4v) is 6.57. The molecule has 0 aliphatic carbocycles. The summed E-state index contributed by atoms with van der Waals surface area (Å²) >= 11 is 3.36. The van der Waals surface area contributed by atoms with Crippen LogP contribution in [0.15, 0.2) is 51.8 Å². The maximum Gasteiger partial charge on any atom is 0.256 e. The van der Waals surface area contributed by atoms with Crippen molar-refractivity contribution < 1.29 is 18.0 Å². The van der Waals surface area contributed by atoms with Crippen molar-refractivity contribution in [1.82, 2.24) is 14.8 Å².